The van der Waals surface area contributed by atoms with Crippen LogP contribution in [-0.4, -0.2) is 39.7 Å². The molecule has 0 saturated heterocycles. The normalized spacial score (nSPS) is 24.9. The summed E-state index contributed by atoms with van der Waals surface area (Å²) in [5, 5.41) is 15.4. The maximum Gasteiger partial charge on any atom is 0.329 e. The number of carboxylic acids is 1. The van der Waals surface area contributed by atoms with Crippen molar-refractivity contribution in [3.8, 4) is 0 Å². The van der Waals surface area contributed by atoms with Gasteiger partial charge in [0.15, 0.2) is 0 Å². The molecule has 0 radical (unpaired) electrons. The second-order valence-corrected chi connectivity index (χ2v) is 7.15. The Balaban J connectivity index is 2.45. The van der Waals surface area contributed by atoms with E-state index in [-0.39, 0.29) is 12.1 Å². The number of carbonyl (C=O) groups excluding carboxylic acids is 1. The minimum atomic E-state index is -1.19. The Labute approximate surface area is 125 Å². The predicted molar refractivity (Wildman–Crippen MR) is 82.2 cm³/mol. The van der Waals surface area contributed by atoms with Gasteiger partial charge in [-0.25, -0.2) is 9.59 Å². The van der Waals surface area contributed by atoms with E-state index in [9.17, 15) is 14.7 Å². The lowest BCUT2D eigenvalue weighted by molar-refractivity contribution is -0.144. The molecular formula is C14H26N2O3S. The van der Waals surface area contributed by atoms with E-state index in [0.29, 0.717) is 18.1 Å². The van der Waals surface area contributed by atoms with Crippen molar-refractivity contribution in [1.29, 1.82) is 0 Å². The molecule has 1 rings (SSSR count). The van der Waals surface area contributed by atoms with Crippen LogP contribution in [0.25, 0.3) is 0 Å². The van der Waals surface area contributed by atoms with Crippen molar-refractivity contribution in [3.05, 3.63) is 0 Å². The van der Waals surface area contributed by atoms with Crippen LogP contribution in [0, 0.1) is 0 Å². The number of hydrogen-bond acceptors (Lipinski definition) is 3. The van der Waals surface area contributed by atoms with Gasteiger partial charge in [0, 0.05) is 11.3 Å². The highest BCUT2D eigenvalue weighted by atomic mass is 32.2. The molecule has 3 atom stereocenters. The minimum Gasteiger partial charge on any atom is -0.480 e. The quantitative estimate of drug-likeness (QED) is 0.675. The van der Waals surface area contributed by atoms with Crippen LogP contribution in [-0.2, 0) is 4.79 Å². The largest absolute Gasteiger partial charge is 0.480 e. The van der Waals surface area contributed by atoms with E-state index in [1.54, 1.807) is 6.92 Å². The lowest BCUT2D eigenvalue weighted by Gasteiger charge is -2.26. The monoisotopic (exact) mass is 302 g/mol. The summed E-state index contributed by atoms with van der Waals surface area (Å²) < 4.78 is 0. The third-order valence-corrected chi connectivity index (χ3v) is 4.97. The van der Waals surface area contributed by atoms with Crippen LogP contribution in [0.5, 0.6) is 0 Å². The number of carboxylic acid groups (broad SMARTS) is 1. The van der Waals surface area contributed by atoms with E-state index in [1.165, 1.54) is 0 Å². The fraction of sp³-hybridized carbons (Fsp3) is 0.857. The Morgan fingerprint density at radius 2 is 2.05 bits per heavy atom. The summed E-state index contributed by atoms with van der Waals surface area (Å²) in [5.41, 5.74) is -1.19. The van der Waals surface area contributed by atoms with Crippen molar-refractivity contribution in [2.75, 3.05) is 5.75 Å². The number of hydrogen-bond donors (Lipinski definition) is 3. The van der Waals surface area contributed by atoms with Crippen LogP contribution in [0.4, 0.5) is 4.79 Å². The van der Waals surface area contributed by atoms with Crippen LogP contribution in [0.2, 0.25) is 0 Å². The first-order chi connectivity index (χ1) is 9.41. The van der Waals surface area contributed by atoms with Crippen molar-refractivity contribution in [3.63, 3.8) is 0 Å². The topological polar surface area (TPSA) is 78.4 Å². The molecule has 0 spiro atoms. The van der Waals surface area contributed by atoms with E-state index >= 15 is 0 Å². The van der Waals surface area contributed by atoms with Gasteiger partial charge < -0.3 is 15.7 Å². The van der Waals surface area contributed by atoms with E-state index in [2.05, 4.69) is 17.6 Å². The second-order valence-electron chi connectivity index (χ2n) is 5.57. The first-order valence-electron chi connectivity index (χ1n) is 7.35. The zero-order valence-corrected chi connectivity index (χ0v) is 13.4. The van der Waals surface area contributed by atoms with Gasteiger partial charge >= 0.3 is 12.0 Å². The van der Waals surface area contributed by atoms with E-state index < -0.39 is 11.5 Å². The predicted octanol–water partition coefficient (Wildman–Crippen LogP) is 2.60. The molecule has 20 heavy (non-hydrogen) atoms. The number of nitrogens with one attached hydrogen (secondary N) is 2. The molecule has 0 heterocycles. The molecule has 0 aromatic heterocycles. The number of urea groups is 1. The van der Waals surface area contributed by atoms with Crippen molar-refractivity contribution in [2.24, 2.45) is 0 Å². The van der Waals surface area contributed by atoms with Crippen molar-refractivity contribution in [1.82, 2.24) is 10.6 Å². The summed E-state index contributed by atoms with van der Waals surface area (Å²) in [6, 6.07) is -0.200. The molecule has 1 aliphatic carbocycles. The summed E-state index contributed by atoms with van der Waals surface area (Å²) in [4.78, 5) is 23.2. The summed E-state index contributed by atoms with van der Waals surface area (Å²) in [6.45, 7) is 5.61. The van der Waals surface area contributed by atoms with Crippen molar-refractivity contribution in [2.45, 2.75) is 69.7 Å². The maximum atomic E-state index is 12.0. The Bertz CT molecular complexity index is 351. The van der Waals surface area contributed by atoms with Crippen molar-refractivity contribution < 1.29 is 14.7 Å². The lowest BCUT2D eigenvalue weighted by atomic mass is 9.96. The third kappa shape index (κ3) is 4.89. The number of thioether (sulfide) groups is 1. The number of aliphatic carboxylic acids is 1. The molecule has 1 fully saturated rings. The maximum absolute atomic E-state index is 12.0. The van der Waals surface area contributed by atoms with Crippen LogP contribution in [0.1, 0.15) is 52.9 Å². The minimum absolute atomic E-state index is 0.165. The molecule has 1 saturated carbocycles. The molecule has 6 heteroatoms. The average molecular weight is 302 g/mol. The molecule has 2 amide bonds. The van der Waals surface area contributed by atoms with Crippen molar-refractivity contribution >= 4 is 23.8 Å². The molecular weight excluding hydrogens is 276 g/mol. The smallest absolute Gasteiger partial charge is 0.329 e. The second kappa shape index (κ2) is 7.76. The molecule has 0 aliphatic heterocycles. The van der Waals surface area contributed by atoms with Gasteiger partial charge in [-0.15, -0.1) is 0 Å². The third-order valence-electron chi connectivity index (χ3n) is 3.73. The van der Waals surface area contributed by atoms with Gasteiger partial charge in [-0.05, 0) is 38.4 Å². The van der Waals surface area contributed by atoms with Crippen LogP contribution >= 0.6 is 11.8 Å². The lowest BCUT2D eigenvalue weighted by Crippen LogP contribution is -2.56. The van der Waals surface area contributed by atoms with E-state index in [0.717, 1.165) is 25.0 Å². The molecule has 0 aromatic rings. The Kier molecular flexibility index (Phi) is 6.65. The number of carbonyl (C=O) groups is 2. The summed E-state index contributed by atoms with van der Waals surface area (Å²) in [6.07, 6.45) is 4.21. The molecule has 3 N–H and O–H groups in total. The van der Waals surface area contributed by atoms with Crippen LogP contribution < -0.4 is 10.6 Å². The zero-order chi connectivity index (χ0) is 15.2. The zero-order valence-electron chi connectivity index (χ0n) is 12.6. The average Bonchev–Trinajstić information content (AvgIpc) is 2.76. The molecule has 0 aromatic carbocycles. The standard InChI is InChI=1S/C14H26N2O3S/c1-4-8-14(3,12(17)18)16-13(19)15-10-6-7-11(9-10)20-5-2/h10-11H,4-9H2,1-3H3,(H,17,18)(H2,15,16,19). The van der Waals surface area contributed by atoms with Gasteiger partial charge in [0.25, 0.3) is 0 Å². The molecule has 116 valence electrons. The first kappa shape index (κ1) is 17.1. The van der Waals surface area contributed by atoms with Crippen LogP contribution in [0.15, 0.2) is 0 Å². The summed E-state index contributed by atoms with van der Waals surface area (Å²) in [7, 11) is 0. The van der Waals surface area contributed by atoms with Crippen LogP contribution in [0.3, 0.4) is 0 Å². The molecule has 1 aliphatic rings. The molecule has 5 nitrogen and oxygen atoms in total. The highest BCUT2D eigenvalue weighted by Crippen LogP contribution is 2.29. The highest BCUT2D eigenvalue weighted by Gasteiger charge is 2.35. The van der Waals surface area contributed by atoms with Gasteiger partial charge in [0.1, 0.15) is 5.54 Å². The highest BCUT2D eigenvalue weighted by molar-refractivity contribution is 7.99. The molecule has 0 bridgehead atoms. The fourth-order valence-electron chi connectivity index (χ4n) is 2.65. The summed E-state index contributed by atoms with van der Waals surface area (Å²) in [5.74, 6) is 0.109. The summed E-state index contributed by atoms with van der Waals surface area (Å²) >= 11 is 1.93. The number of rotatable bonds is 7. The number of amides is 2. The Morgan fingerprint density at radius 3 is 2.60 bits per heavy atom. The SMILES string of the molecule is CCCC(C)(NC(=O)NC1CCC(SCC)C1)C(=O)O. The Morgan fingerprint density at radius 1 is 1.35 bits per heavy atom. The Hall–Kier alpha value is -0.910. The van der Waals surface area contributed by atoms with Gasteiger partial charge in [-0.3, -0.25) is 0 Å². The van der Waals surface area contributed by atoms with E-state index in [4.69, 9.17) is 0 Å². The fourth-order valence-corrected chi connectivity index (χ4v) is 3.80. The van der Waals surface area contributed by atoms with Gasteiger partial charge in [0.2, 0.25) is 0 Å². The van der Waals surface area contributed by atoms with Gasteiger partial charge in [-0.2, -0.15) is 11.8 Å². The van der Waals surface area contributed by atoms with Gasteiger partial charge in [-0.1, -0.05) is 20.3 Å². The van der Waals surface area contributed by atoms with E-state index in [1.807, 2.05) is 18.7 Å². The molecule has 3 unspecified atom stereocenters. The van der Waals surface area contributed by atoms with Gasteiger partial charge in [0.05, 0.1) is 0 Å². The first-order valence-corrected chi connectivity index (χ1v) is 8.39.